The molecule has 0 aliphatic carbocycles. The van der Waals surface area contributed by atoms with Gasteiger partial charge < -0.3 is 4.74 Å². The summed E-state index contributed by atoms with van der Waals surface area (Å²) < 4.78 is 5.35. The number of rotatable bonds is 5. The van der Waals surface area contributed by atoms with Gasteiger partial charge in [-0.15, -0.1) is 24.2 Å². The number of thiol groups is 1. The van der Waals surface area contributed by atoms with Crippen molar-refractivity contribution in [2.24, 2.45) is 0 Å². The third-order valence-corrected chi connectivity index (χ3v) is 2.37. The van der Waals surface area contributed by atoms with E-state index in [9.17, 15) is 4.79 Å². The van der Waals surface area contributed by atoms with Crippen molar-refractivity contribution in [3.63, 3.8) is 0 Å². The van der Waals surface area contributed by atoms with E-state index in [1.165, 1.54) is 0 Å². The maximum Gasteiger partial charge on any atom is 0.151 e. The number of hydrogen-bond acceptors (Lipinski definition) is 3. The Labute approximate surface area is 100.0 Å². The molecule has 0 bridgehead atoms. The number of carbonyl (C=O) groups excluding carboxylic acids is 1. The fraction of sp³-hybridized carbons (Fsp3) is 0.364. The van der Waals surface area contributed by atoms with E-state index in [0.717, 1.165) is 16.2 Å². The van der Waals surface area contributed by atoms with Gasteiger partial charge in [0.2, 0.25) is 0 Å². The molecule has 15 heavy (non-hydrogen) atoms. The Morgan fingerprint density at radius 2 is 2.20 bits per heavy atom. The molecule has 0 fully saturated rings. The van der Waals surface area contributed by atoms with Crippen LogP contribution in [0.15, 0.2) is 23.1 Å². The highest BCUT2D eigenvalue weighted by Gasteiger charge is 2.04. The Bertz CT molecular complexity index is 352. The highest BCUT2D eigenvalue weighted by molar-refractivity contribution is 7.80. The minimum absolute atomic E-state index is 0.00181. The largest absolute Gasteiger partial charge is 0.494 e. The maximum atomic E-state index is 11.2. The molecule has 0 aliphatic rings. The summed E-state index contributed by atoms with van der Waals surface area (Å²) in [5, 5.41) is 0. The summed E-state index contributed by atoms with van der Waals surface area (Å²) in [4.78, 5) is 12.0. The molecular formula is C11H13ClO2S. The van der Waals surface area contributed by atoms with Gasteiger partial charge in [-0.2, -0.15) is 0 Å². The first-order valence-electron chi connectivity index (χ1n) is 4.69. The molecule has 82 valence electrons. The average Bonchev–Trinajstić information content (AvgIpc) is 2.17. The lowest BCUT2D eigenvalue weighted by Crippen LogP contribution is -2.04. The number of Topliss-reactive ketones (excluding diaryl/α,β-unsaturated/α-hetero) is 1. The second kappa shape index (κ2) is 6.03. The quantitative estimate of drug-likeness (QED) is 0.637. The first-order valence-corrected chi connectivity index (χ1v) is 5.67. The van der Waals surface area contributed by atoms with Crippen LogP contribution in [0.2, 0.25) is 0 Å². The van der Waals surface area contributed by atoms with Gasteiger partial charge in [0.05, 0.1) is 12.5 Å². The van der Waals surface area contributed by atoms with Crippen LogP contribution in [0.5, 0.6) is 5.75 Å². The number of benzene rings is 1. The lowest BCUT2D eigenvalue weighted by Gasteiger charge is -2.06. The summed E-state index contributed by atoms with van der Waals surface area (Å²) >= 11 is 9.69. The number of hydrogen-bond donors (Lipinski definition) is 1. The molecule has 1 aromatic rings. The third kappa shape index (κ3) is 4.14. The van der Waals surface area contributed by atoms with Gasteiger partial charge in [-0.05, 0) is 30.7 Å². The normalized spacial score (nSPS) is 10.1. The molecule has 1 aromatic carbocycles. The fourth-order valence-corrected chi connectivity index (χ4v) is 1.66. The molecular weight excluding hydrogens is 232 g/mol. The summed E-state index contributed by atoms with van der Waals surface area (Å²) in [6.07, 6.45) is 0.331. The zero-order valence-electron chi connectivity index (χ0n) is 8.50. The summed E-state index contributed by atoms with van der Waals surface area (Å²) in [5.74, 6) is 0.779. The molecule has 0 heterocycles. The predicted molar refractivity (Wildman–Crippen MR) is 64.3 cm³/mol. The molecule has 1 rings (SSSR count). The van der Waals surface area contributed by atoms with Crippen LogP contribution < -0.4 is 4.74 Å². The van der Waals surface area contributed by atoms with E-state index < -0.39 is 0 Å². The molecule has 0 amide bonds. The summed E-state index contributed by atoms with van der Waals surface area (Å²) in [6, 6.07) is 5.50. The minimum atomic E-state index is -0.00181. The lowest BCUT2D eigenvalue weighted by atomic mass is 10.1. The second-order valence-electron chi connectivity index (χ2n) is 3.12. The Morgan fingerprint density at radius 3 is 2.80 bits per heavy atom. The van der Waals surface area contributed by atoms with E-state index in [1.54, 1.807) is 0 Å². The Hall–Kier alpha value is -0.670. The van der Waals surface area contributed by atoms with E-state index in [2.05, 4.69) is 12.6 Å². The average molecular weight is 245 g/mol. The molecule has 0 spiro atoms. The number of ether oxygens (including phenoxy) is 1. The SMILES string of the molecule is CCOc1cc(S)cc(CC(=O)CCl)c1. The lowest BCUT2D eigenvalue weighted by molar-refractivity contribution is -0.116. The van der Waals surface area contributed by atoms with Gasteiger partial charge in [-0.25, -0.2) is 0 Å². The first-order chi connectivity index (χ1) is 7.15. The molecule has 0 atom stereocenters. The minimum Gasteiger partial charge on any atom is -0.494 e. The summed E-state index contributed by atoms with van der Waals surface area (Å²) in [7, 11) is 0. The van der Waals surface area contributed by atoms with Gasteiger partial charge in [-0.3, -0.25) is 4.79 Å². The van der Waals surface area contributed by atoms with E-state index in [-0.39, 0.29) is 11.7 Å². The predicted octanol–water partition coefficient (Wildman–Crippen LogP) is 2.72. The number of halogens is 1. The monoisotopic (exact) mass is 244 g/mol. The van der Waals surface area contributed by atoms with Gasteiger partial charge in [0.1, 0.15) is 5.75 Å². The first kappa shape index (κ1) is 12.4. The van der Waals surface area contributed by atoms with Gasteiger partial charge in [0.25, 0.3) is 0 Å². The van der Waals surface area contributed by atoms with Gasteiger partial charge in [-0.1, -0.05) is 0 Å². The maximum absolute atomic E-state index is 11.2. The zero-order chi connectivity index (χ0) is 11.3. The van der Waals surface area contributed by atoms with Crippen LogP contribution in [-0.4, -0.2) is 18.3 Å². The summed E-state index contributed by atoms with van der Waals surface area (Å²) in [6.45, 7) is 2.51. The molecule has 0 radical (unpaired) electrons. The van der Waals surface area contributed by atoms with Crippen molar-refractivity contribution in [2.75, 3.05) is 12.5 Å². The molecule has 0 aromatic heterocycles. The highest BCUT2D eigenvalue weighted by atomic mass is 35.5. The molecule has 0 N–H and O–H groups in total. The van der Waals surface area contributed by atoms with Crippen LogP contribution >= 0.6 is 24.2 Å². The standard InChI is InChI=1S/C11H13ClO2S/c1-2-14-10-4-8(3-9(13)7-12)5-11(15)6-10/h4-6,15H,2-3,7H2,1H3. The van der Waals surface area contributed by atoms with Crippen molar-refractivity contribution >= 4 is 30.0 Å². The fourth-order valence-electron chi connectivity index (χ4n) is 1.27. The molecule has 0 saturated heterocycles. The van der Waals surface area contributed by atoms with Crippen molar-refractivity contribution in [3.05, 3.63) is 23.8 Å². The van der Waals surface area contributed by atoms with E-state index in [1.807, 2.05) is 25.1 Å². The van der Waals surface area contributed by atoms with Crippen LogP contribution in [0.3, 0.4) is 0 Å². The smallest absolute Gasteiger partial charge is 0.151 e. The van der Waals surface area contributed by atoms with Crippen molar-refractivity contribution in [1.29, 1.82) is 0 Å². The highest BCUT2D eigenvalue weighted by Crippen LogP contribution is 2.20. The third-order valence-electron chi connectivity index (χ3n) is 1.81. The molecule has 0 aliphatic heterocycles. The van der Waals surface area contributed by atoms with Crippen LogP contribution in [0.4, 0.5) is 0 Å². The summed E-state index contributed by atoms with van der Waals surface area (Å²) in [5.41, 5.74) is 0.886. The van der Waals surface area contributed by atoms with Crippen LogP contribution in [0.25, 0.3) is 0 Å². The van der Waals surface area contributed by atoms with Gasteiger partial charge in [0.15, 0.2) is 5.78 Å². The Morgan fingerprint density at radius 1 is 1.47 bits per heavy atom. The topological polar surface area (TPSA) is 26.3 Å². The van der Waals surface area contributed by atoms with Crippen LogP contribution in [-0.2, 0) is 11.2 Å². The molecule has 0 unspecified atom stereocenters. The zero-order valence-corrected chi connectivity index (χ0v) is 10.1. The number of ketones is 1. The van der Waals surface area contributed by atoms with E-state index >= 15 is 0 Å². The molecule has 2 nitrogen and oxygen atoms in total. The second-order valence-corrected chi connectivity index (χ2v) is 3.90. The van der Waals surface area contributed by atoms with Crippen LogP contribution in [0.1, 0.15) is 12.5 Å². The number of carbonyl (C=O) groups is 1. The molecule has 4 heteroatoms. The Kier molecular flexibility index (Phi) is 4.99. The van der Waals surface area contributed by atoms with Crippen molar-refractivity contribution in [2.45, 2.75) is 18.2 Å². The van der Waals surface area contributed by atoms with E-state index in [0.29, 0.717) is 13.0 Å². The van der Waals surface area contributed by atoms with Gasteiger partial charge >= 0.3 is 0 Å². The van der Waals surface area contributed by atoms with Crippen molar-refractivity contribution in [3.8, 4) is 5.75 Å². The molecule has 0 saturated carbocycles. The van der Waals surface area contributed by atoms with Crippen molar-refractivity contribution in [1.82, 2.24) is 0 Å². The number of alkyl halides is 1. The Balaban J connectivity index is 2.83. The van der Waals surface area contributed by atoms with Crippen molar-refractivity contribution < 1.29 is 9.53 Å². The van der Waals surface area contributed by atoms with Crippen LogP contribution in [0, 0.1) is 0 Å². The van der Waals surface area contributed by atoms with E-state index in [4.69, 9.17) is 16.3 Å². The van der Waals surface area contributed by atoms with Gasteiger partial charge in [0, 0.05) is 11.3 Å².